The van der Waals surface area contributed by atoms with Crippen LogP contribution in [0.1, 0.15) is 30.5 Å². The predicted octanol–water partition coefficient (Wildman–Crippen LogP) is 1.74. The molecule has 2 N–H and O–H groups in total. The van der Waals surface area contributed by atoms with Crippen LogP contribution in [0, 0.1) is 6.92 Å². The SMILES string of the molecule is CCNC(=NCCCOC1CCOC1)NCCc1csc(C)n1. The molecule has 0 aliphatic carbocycles. The summed E-state index contributed by atoms with van der Waals surface area (Å²) in [6.45, 7) is 8.88. The van der Waals surface area contributed by atoms with Gasteiger partial charge in [-0.1, -0.05) is 0 Å². The number of hydrogen-bond donors (Lipinski definition) is 2. The van der Waals surface area contributed by atoms with Crippen molar-refractivity contribution in [2.45, 2.75) is 39.2 Å². The molecule has 0 amide bonds. The van der Waals surface area contributed by atoms with Gasteiger partial charge in [0.15, 0.2) is 5.96 Å². The minimum absolute atomic E-state index is 0.284. The van der Waals surface area contributed by atoms with Crippen LogP contribution >= 0.6 is 11.3 Å². The zero-order valence-electron chi connectivity index (χ0n) is 14.1. The maximum absolute atomic E-state index is 5.74. The molecule has 0 bridgehead atoms. The van der Waals surface area contributed by atoms with Gasteiger partial charge in [-0.05, 0) is 26.7 Å². The van der Waals surface area contributed by atoms with Crippen molar-refractivity contribution in [3.8, 4) is 0 Å². The van der Waals surface area contributed by atoms with E-state index in [0.717, 1.165) is 75.4 Å². The van der Waals surface area contributed by atoms with Gasteiger partial charge < -0.3 is 20.1 Å². The lowest BCUT2D eigenvalue weighted by atomic mass is 10.3. The Morgan fingerprint density at radius 3 is 3.13 bits per heavy atom. The minimum atomic E-state index is 0.284. The smallest absolute Gasteiger partial charge is 0.191 e. The van der Waals surface area contributed by atoms with E-state index in [9.17, 15) is 0 Å². The Hall–Kier alpha value is -1.18. The van der Waals surface area contributed by atoms with Crippen LogP contribution < -0.4 is 10.6 Å². The average molecular weight is 340 g/mol. The van der Waals surface area contributed by atoms with Crippen LogP contribution in [0.2, 0.25) is 0 Å². The topological polar surface area (TPSA) is 67.8 Å². The summed E-state index contributed by atoms with van der Waals surface area (Å²) in [5, 5.41) is 9.85. The summed E-state index contributed by atoms with van der Waals surface area (Å²) in [5.41, 5.74) is 1.14. The van der Waals surface area contributed by atoms with E-state index in [0.29, 0.717) is 0 Å². The maximum Gasteiger partial charge on any atom is 0.191 e. The van der Waals surface area contributed by atoms with Crippen LogP contribution in [0.4, 0.5) is 0 Å². The van der Waals surface area contributed by atoms with Crippen LogP contribution in [0.3, 0.4) is 0 Å². The lowest BCUT2D eigenvalue weighted by Gasteiger charge is -2.11. The van der Waals surface area contributed by atoms with E-state index in [1.165, 1.54) is 0 Å². The van der Waals surface area contributed by atoms with Crippen molar-refractivity contribution in [1.29, 1.82) is 0 Å². The van der Waals surface area contributed by atoms with E-state index in [2.05, 4.69) is 32.9 Å². The Morgan fingerprint density at radius 2 is 2.43 bits per heavy atom. The molecule has 1 aromatic heterocycles. The van der Waals surface area contributed by atoms with Crippen LogP contribution in [0.5, 0.6) is 0 Å². The number of aryl methyl sites for hydroxylation is 1. The van der Waals surface area contributed by atoms with Gasteiger partial charge >= 0.3 is 0 Å². The second kappa shape index (κ2) is 10.6. The third kappa shape index (κ3) is 7.28. The first kappa shape index (κ1) is 18.2. The van der Waals surface area contributed by atoms with E-state index >= 15 is 0 Å². The average Bonchev–Trinajstić information content (AvgIpc) is 3.19. The quantitative estimate of drug-likeness (QED) is 0.407. The lowest BCUT2D eigenvalue weighted by molar-refractivity contribution is 0.0424. The second-order valence-corrected chi connectivity index (χ2v) is 6.57. The summed E-state index contributed by atoms with van der Waals surface area (Å²) in [7, 11) is 0. The molecule has 1 fully saturated rings. The lowest BCUT2D eigenvalue weighted by Crippen LogP contribution is -2.38. The molecule has 1 aliphatic rings. The Labute approximate surface area is 142 Å². The van der Waals surface area contributed by atoms with Crippen molar-refractivity contribution in [1.82, 2.24) is 15.6 Å². The van der Waals surface area contributed by atoms with Crippen LogP contribution in [-0.4, -0.2) is 56.5 Å². The van der Waals surface area contributed by atoms with Crippen molar-refractivity contribution in [2.24, 2.45) is 4.99 Å². The molecule has 1 saturated heterocycles. The fourth-order valence-corrected chi connectivity index (χ4v) is 2.97. The van der Waals surface area contributed by atoms with Gasteiger partial charge in [-0.15, -0.1) is 11.3 Å². The molecule has 2 rings (SSSR count). The molecule has 1 aromatic rings. The molecule has 1 aliphatic heterocycles. The zero-order valence-corrected chi connectivity index (χ0v) is 15.0. The molecule has 23 heavy (non-hydrogen) atoms. The molecule has 0 aromatic carbocycles. The summed E-state index contributed by atoms with van der Waals surface area (Å²) < 4.78 is 11.0. The van der Waals surface area contributed by atoms with E-state index in [4.69, 9.17) is 9.47 Å². The van der Waals surface area contributed by atoms with Gasteiger partial charge in [0.2, 0.25) is 0 Å². The molecule has 130 valence electrons. The molecule has 1 atom stereocenters. The molecular weight excluding hydrogens is 312 g/mol. The molecule has 0 spiro atoms. The van der Waals surface area contributed by atoms with E-state index in [1.54, 1.807) is 11.3 Å². The van der Waals surface area contributed by atoms with Crippen molar-refractivity contribution in [2.75, 3.05) is 39.5 Å². The van der Waals surface area contributed by atoms with Crippen molar-refractivity contribution in [3.63, 3.8) is 0 Å². The first-order valence-corrected chi connectivity index (χ1v) is 9.28. The number of hydrogen-bond acceptors (Lipinski definition) is 5. The van der Waals surface area contributed by atoms with E-state index in [-0.39, 0.29) is 6.10 Å². The molecule has 6 nitrogen and oxygen atoms in total. The molecule has 7 heteroatoms. The highest BCUT2D eigenvalue weighted by atomic mass is 32.1. The fraction of sp³-hybridized carbons (Fsp3) is 0.750. The van der Waals surface area contributed by atoms with Gasteiger partial charge in [-0.2, -0.15) is 0 Å². The molecule has 0 radical (unpaired) electrons. The van der Waals surface area contributed by atoms with Gasteiger partial charge in [-0.25, -0.2) is 4.98 Å². The number of aliphatic imine (C=N–C) groups is 1. The highest BCUT2D eigenvalue weighted by Crippen LogP contribution is 2.08. The summed E-state index contributed by atoms with van der Waals surface area (Å²) in [5.74, 6) is 0.864. The Kier molecular flexibility index (Phi) is 8.35. The zero-order chi connectivity index (χ0) is 16.3. The minimum Gasteiger partial charge on any atom is -0.379 e. The number of rotatable bonds is 9. The van der Waals surface area contributed by atoms with Gasteiger partial charge in [-0.3, -0.25) is 4.99 Å². The summed E-state index contributed by atoms with van der Waals surface area (Å²) in [6.07, 6.45) is 3.15. The molecule has 1 unspecified atom stereocenters. The summed E-state index contributed by atoms with van der Waals surface area (Å²) >= 11 is 1.70. The monoisotopic (exact) mass is 340 g/mol. The van der Waals surface area contributed by atoms with Crippen LogP contribution in [-0.2, 0) is 15.9 Å². The number of nitrogens with zero attached hydrogens (tertiary/aromatic N) is 2. The van der Waals surface area contributed by atoms with Crippen LogP contribution in [0.25, 0.3) is 0 Å². The van der Waals surface area contributed by atoms with E-state index < -0.39 is 0 Å². The van der Waals surface area contributed by atoms with Crippen molar-refractivity contribution >= 4 is 17.3 Å². The highest BCUT2D eigenvalue weighted by molar-refractivity contribution is 7.09. The normalized spacial score (nSPS) is 18.3. The van der Waals surface area contributed by atoms with Crippen molar-refractivity contribution < 1.29 is 9.47 Å². The third-order valence-electron chi connectivity index (χ3n) is 3.50. The number of ether oxygens (including phenoxy) is 2. The van der Waals surface area contributed by atoms with Gasteiger partial charge in [0, 0.05) is 44.6 Å². The Balaban J connectivity index is 1.60. The molecule has 0 saturated carbocycles. The van der Waals surface area contributed by atoms with Crippen LogP contribution in [0.15, 0.2) is 10.4 Å². The first-order valence-electron chi connectivity index (χ1n) is 8.40. The predicted molar refractivity (Wildman–Crippen MR) is 94.3 cm³/mol. The molecule has 2 heterocycles. The number of nitrogens with one attached hydrogen (secondary N) is 2. The third-order valence-corrected chi connectivity index (χ3v) is 4.32. The number of thiazole rings is 1. The largest absolute Gasteiger partial charge is 0.379 e. The Morgan fingerprint density at radius 1 is 1.52 bits per heavy atom. The Bertz CT molecular complexity index is 472. The summed E-state index contributed by atoms with van der Waals surface area (Å²) in [6, 6.07) is 0. The number of aromatic nitrogens is 1. The summed E-state index contributed by atoms with van der Waals surface area (Å²) in [4.78, 5) is 9.05. The van der Waals surface area contributed by atoms with Gasteiger partial charge in [0.25, 0.3) is 0 Å². The fourth-order valence-electron chi connectivity index (χ4n) is 2.32. The van der Waals surface area contributed by atoms with Gasteiger partial charge in [0.05, 0.1) is 23.4 Å². The first-order chi connectivity index (χ1) is 11.3. The second-order valence-electron chi connectivity index (χ2n) is 5.51. The van der Waals surface area contributed by atoms with Gasteiger partial charge in [0.1, 0.15) is 0 Å². The highest BCUT2D eigenvalue weighted by Gasteiger charge is 2.15. The number of guanidine groups is 1. The standard InChI is InChI=1S/C16H28N4O2S/c1-3-17-16(19-8-5-14-12-23-13(2)20-14)18-7-4-9-22-15-6-10-21-11-15/h12,15H,3-11H2,1-2H3,(H2,17,18,19). The molecular formula is C16H28N4O2S. The maximum atomic E-state index is 5.74. The van der Waals surface area contributed by atoms with E-state index in [1.807, 2.05) is 6.92 Å². The van der Waals surface area contributed by atoms with Crippen molar-refractivity contribution in [3.05, 3.63) is 16.1 Å².